The lowest BCUT2D eigenvalue weighted by Crippen LogP contribution is -2.52. The maximum absolute atomic E-state index is 13.9. The molecule has 9 heteroatoms. The predicted octanol–water partition coefficient (Wildman–Crippen LogP) is 3.49. The Hall–Kier alpha value is -0.780. The molecule has 0 radical (unpaired) electrons. The average molecular weight is 567 g/mol. The minimum atomic E-state index is -0.297. The van der Waals surface area contributed by atoms with Crippen molar-refractivity contribution in [1.82, 2.24) is 15.5 Å². The largest absolute Gasteiger partial charge is 0.494 e. The smallest absolute Gasteiger partial charge is 0.191 e. The summed E-state index contributed by atoms with van der Waals surface area (Å²) in [6, 6.07) is 5.62. The summed E-state index contributed by atoms with van der Waals surface area (Å²) in [4.78, 5) is 6.81. The maximum Gasteiger partial charge on any atom is 0.191 e. The van der Waals surface area contributed by atoms with E-state index in [1.165, 1.54) is 7.11 Å². The first kappa shape index (κ1) is 26.5. The van der Waals surface area contributed by atoms with Crippen LogP contribution in [0.25, 0.3) is 0 Å². The number of piperidine rings is 1. The van der Waals surface area contributed by atoms with Gasteiger partial charge in [0.2, 0.25) is 0 Å². The number of hydrogen-bond acceptors (Lipinski definition) is 5. The first-order valence-electron chi connectivity index (χ1n) is 10.7. The molecule has 31 heavy (non-hydrogen) atoms. The third kappa shape index (κ3) is 7.64. The molecule has 2 heterocycles. The van der Waals surface area contributed by atoms with E-state index in [1.54, 1.807) is 12.1 Å². The molecule has 0 aliphatic carbocycles. The molecule has 0 unspecified atom stereocenters. The van der Waals surface area contributed by atoms with E-state index in [0.717, 1.165) is 76.6 Å². The van der Waals surface area contributed by atoms with Gasteiger partial charge in [-0.2, -0.15) is 11.8 Å². The SMILES string of the molecule is CN=C(NCC1(SC)CCOCC1)NC1CCN(Cc2ccc(OC)c(F)c2)CC1.I. The van der Waals surface area contributed by atoms with Crippen molar-refractivity contribution in [2.24, 2.45) is 4.99 Å². The fraction of sp³-hybridized carbons (Fsp3) is 0.682. The highest BCUT2D eigenvalue weighted by atomic mass is 127. The molecule has 2 fully saturated rings. The van der Waals surface area contributed by atoms with E-state index < -0.39 is 0 Å². The Morgan fingerprint density at radius 3 is 2.61 bits per heavy atom. The quantitative estimate of drug-likeness (QED) is 0.300. The van der Waals surface area contributed by atoms with Crippen LogP contribution in [0.1, 0.15) is 31.2 Å². The number of thioether (sulfide) groups is 1. The van der Waals surface area contributed by atoms with E-state index in [0.29, 0.717) is 11.8 Å². The highest BCUT2D eigenvalue weighted by Gasteiger charge is 2.32. The lowest BCUT2D eigenvalue weighted by atomic mass is 9.99. The number of guanidine groups is 1. The molecule has 0 amide bonds. The van der Waals surface area contributed by atoms with Crippen LogP contribution in [0.15, 0.2) is 23.2 Å². The van der Waals surface area contributed by atoms with Crippen LogP contribution in [0, 0.1) is 5.82 Å². The molecule has 0 atom stereocenters. The summed E-state index contributed by atoms with van der Waals surface area (Å²) in [5.74, 6) is 0.879. The number of likely N-dealkylation sites (tertiary alicyclic amines) is 1. The van der Waals surface area contributed by atoms with Gasteiger partial charge in [-0.25, -0.2) is 4.39 Å². The predicted molar refractivity (Wildman–Crippen MR) is 137 cm³/mol. The van der Waals surface area contributed by atoms with Crippen molar-refractivity contribution < 1.29 is 13.9 Å². The summed E-state index contributed by atoms with van der Waals surface area (Å²) in [5, 5.41) is 7.13. The zero-order valence-corrected chi connectivity index (χ0v) is 21.9. The number of nitrogens with one attached hydrogen (secondary N) is 2. The Kier molecular flexibility index (Phi) is 11.1. The fourth-order valence-corrected chi connectivity index (χ4v) is 4.92. The average Bonchev–Trinajstić information content (AvgIpc) is 2.78. The molecule has 0 bridgehead atoms. The molecule has 3 rings (SSSR count). The Balaban J connectivity index is 0.00000341. The zero-order valence-electron chi connectivity index (χ0n) is 18.8. The normalized spacial score (nSPS) is 20.1. The van der Waals surface area contributed by atoms with Gasteiger partial charge in [-0.3, -0.25) is 9.89 Å². The molecular weight excluding hydrogens is 530 g/mol. The fourth-order valence-electron chi connectivity index (χ4n) is 4.13. The van der Waals surface area contributed by atoms with Gasteiger partial charge in [0.25, 0.3) is 0 Å². The second-order valence-corrected chi connectivity index (χ2v) is 9.36. The standard InChI is InChI=1S/C22H35FN4O2S.HI/c1-24-21(25-16-22(30-3)8-12-29-13-9-22)26-18-6-10-27(11-7-18)15-17-4-5-20(28-2)19(23)14-17;/h4-5,14,18H,6-13,15-16H2,1-3H3,(H2,24,25,26);1H. The van der Waals surface area contributed by atoms with E-state index in [4.69, 9.17) is 9.47 Å². The summed E-state index contributed by atoms with van der Waals surface area (Å²) in [5.41, 5.74) is 0.982. The third-order valence-electron chi connectivity index (χ3n) is 6.19. The molecule has 2 N–H and O–H groups in total. The number of benzene rings is 1. The number of methoxy groups -OCH3 is 1. The Labute approximate surface area is 207 Å². The van der Waals surface area contributed by atoms with Crippen LogP contribution in [-0.4, -0.2) is 74.9 Å². The van der Waals surface area contributed by atoms with Gasteiger partial charge in [0.05, 0.1) is 7.11 Å². The maximum atomic E-state index is 13.9. The summed E-state index contributed by atoms with van der Waals surface area (Å²) in [6.45, 7) is 5.30. The first-order chi connectivity index (χ1) is 14.6. The van der Waals surface area contributed by atoms with Crippen LogP contribution in [-0.2, 0) is 11.3 Å². The van der Waals surface area contributed by atoms with Crippen LogP contribution >= 0.6 is 35.7 Å². The minimum absolute atomic E-state index is 0. The van der Waals surface area contributed by atoms with Gasteiger partial charge in [0.1, 0.15) is 0 Å². The van der Waals surface area contributed by atoms with Gasteiger partial charge in [0, 0.05) is 57.2 Å². The summed E-state index contributed by atoms with van der Waals surface area (Å²) in [7, 11) is 3.32. The summed E-state index contributed by atoms with van der Waals surface area (Å²) >= 11 is 1.93. The van der Waals surface area contributed by atoms with Crippen molar-refractivity contribution in [3.05, 3.63) is 29.6 Å². The topological polar surface area (TPSA) is 58.1 Å². The summed E-state index contributed by atoms with van der Waals surface area (Å²) < 4.78 is 24.7. The first-order valence-corrected chi connectivity index (χ1v) is 11.9. The van der Waals surface area contributed by atoms with Crippen molar-refractivity contribution in [3.63, 3.8) is 0 Å². The van der Waals surface area contributed by atoms with E-state index >= 15 is 0 Å². The van der Waals surface area contributed by atoms with Crippen LogP contribution in [0.4, 0.5) is 4.39 Å². The Morgan fingerprint density at radius 1 is 1.32 bits per heavy atom. The van der Waals surface area contributed by atoms with Crippen LogP contribution in [0.2, 0.25) is 0 Å². The summed E-state index contributed by atoms with van der Waals surface area (Å²) in [6.07, 6.45) is 6.42. The molecule has 0 saturated carbocycles. The van der Waals surface area contributed by atoms with E-state index in [2.05, 4.69) is 26.8 Å². The zero-order chi connectivity index (χ0) is 21.4. The van der Waals surface area contributed by atoms with Crippen molar-refractivity contribution in [2.45, 2.75) is 43.0 Å². The molecular formula is C22H36FIN4O2S. The van der Waals surface area contributed by atoms with E-state index in [-0.39, 0.29) is 34.5 Å². The molecule has 0 spiro atoms. The lowest BCUT2D eigenvalue weighted by molar-refractivity contribution is 0.0782. The van der Waals surface area contributed by atoms with Crippen molar-refractivity contribution in [3.8, 4) is 5.75 Å². The number of nitrogens with zero attached hydrogens (tertiary/aromatic N) is 2. The second kappa shape index (κ2) is 13.1. The van der Waals surface area contributed by atoms with Gasteiger partial charge >= 0.3 is 0 Å². The highest BCUT2D eigenvalue weighted by molar-refractivity contribution is 14.0. The van der Waals surface area contributed by atoms with Crippen LogP contribution in [0.3, 0.4) is 0 Å². The number of rotatable bonds is 7. The molecule has 2 aliphatic rings. The van der Waals surface area contributed by atoms with Crippen LogP contribution in [0.5, 0.6) is 5.75 Å². The van der Waals surface area contributed by atoms with Gasteiger partial charge < -0.3 is 20.1 Å². The van der Waals surface area contributed by atoms with E-state index in [1.807, 2.05) is 24.9 Å². The minimum Gasteiger partial charge on any atom is -0.494 e. The molecule has 0 aromatic heterocycles. The number of halogens is 2. The highest BCUT2D eigenvalue weighted by Crippen LogP contribution is 2.33. The van der Waals surface area contributed by atoms with Gasteiger partial charge in [-0.1, -0.05) is 6.07 Å². The third-order valence-corrected chi connectivity index (χ3v) is 7.61. The Morgan fingerprint density at radius 2 is 2.03 bits per heavy atom. The van der Waals surface area contributed by atoms with Crippen molar-refractivity contribution >= 4 is 41.7 Å². The van der Waals surface area contributed by atoms with E-state index in [9.17, 15) is 4.39 Å². The molecule has 1 aromatic carbocycles. The molecule has 2 saturated heterocycles. The molecule has 6 nitrogen and oxygen atoms in total. The number of hydrogen-bond donors (Lipinski definition) is 2. The lowest BCUT2D eigenvalue weighted by Gasteiger charge is -2.37. The van der Waals surface area contributed by atoms with Crippen molar-refractivity contribution in [2.75, 3.05) is 53.3 Å². The molecule has 2 aliphatic heterocycles. The number of aliphatic imine (C=N–C) groups is 1. The second-order valence-electron chi connectivity index (χ2n) is 8.09. The Bertz CT molecular complexity index is 711. The van der Waals surface area contributed by atoms with Crippen molar-refractivity contribution in [1.29, 1.82) is 0 Å². The monoisotopic (exact) mass is 566 g/mol. The number of ether oxygens (including phenoxy) is 2. The molecule has 1 aromatic rings. The van der Waals surface area contributed by atoms with Gasteiger partial charge in [-0.05, 0) is 49.6 Å². The van der Waals surface area contributed by atoms with Gasteiger partial charge in [-0.15, -0.1) is 24.0 Å². The molecule has 176 valence electrons. The van der Waals surface area contributed by atoms with Gasteiger partial charge in [0.15, 0.2) is 17.5 Å². The van der Waals surface area contributed by atoms with Crippen LogP contribution < -0.4 is 15.4 Å².